The molecule has 1 unspecified atom stereocenters. The van der Waals surface area contributed by atoms with E-state index in [1.54, 1.807) is 6.07 Å². The normalized spacial score (nSPS) is 17.3. The number of rotatable bonds is 6. The zero-order chi connectivity index (χ0) is 18.4. The number of nitriles is 1. The summed E-state index contributed by atoms with van der Waals surface area (Å²) in [5.74, 6) is -0.399. The first-order valence-electron chi connectivity index (χ1n) is 8.96. The standard InChI is InChI=1S/C21H24FN3O/c1-16(17-5-3-2-4-6-17)25-21(9-11-26-12-10-21)15-24-20-8-7-19(22)13-18(20)14-23/h2-8,13,16,24-25H,9-12,15H2,1H3. The second-order valence-corrected chi connectivity index (χ2v) is 6.82. The SMILES string of the molecule is CC(NC1(CNc2ccc(F)cc2C#N)CCOCC1)c1ccccc1. The molecule has 5 heteroatoms. The van der Waals surface area contributed by atoms with Crippen molar-refractivity contribution in [1.29, 1.82) is 5.26 Å². The monoisotopic (exact) mass is 353 g/mol. The van der Waals surface area contributed by atoms with Crippen LogP contribution in [-0.4, -0.2) is 25.3 Å². The van der Waals surface area contributed by atoms with E-state index in [-0.39, 0.29) is 11.6 Å². The van der Waals surface area contributed by atoms with E-state index in [0.29, 0.717) is 31.0 Å². The number of nitrogens with one attached hydrogen (secondary N) is 2. The summed E-state index contributed by atoms with van der Waals surface area (Å²) in [5, 5.41) is 16.4. The maximum absolute atomic E-state index is 13.4. The van der Waals surface area contributed by atoms with Crippen LogP contribution in [0.3, 0.4) is 0 Å². The summed E-state index contributed by atoms with van der Waals surface area (Å²) >= 11 is 0. The number of nitrogens with zero attached hydrogens (tertiary/aromatic N) is 1. The van der Waals surface area contributed by atoms with Gasteiger partial charge >= 0.3 is 0 Å². The van der Waals surface area contributed by atoms with Crippen LogP contribution >= 0.6 is 0 Å². The van der Waals surface area contributed by atoms with Gasteiger partial charge in [-0.05, 0) is 43.5 Å². The molecule has 4 nitrogen and oxygen atoms in total. The highest BCUT2D eigenvalue weighted by Gasteiger charge is 2.34. The van der Waals surface area contributed by atoms with Crippen molar-refractivity contribution in [3.63, 3.8) is 0 Å². The zero-order valence-electron chi connectivity index (χ0n) is 15.0. The van der Waals surface area contributed by atoms with Crippen molar-refractivity contribution in [2.75, 3.05) is 25.1 Å². The average molecular weight is 353 g/mol. The van der Waals surface area contributed by atoms with Crippen LogP contribution in [0.1, 0.15) is 36.9 Å². The Labute approximate surface area is 154 Å². The van der Waals surface area contributed by atoms with Gasteiger partial charge in [0.2, 0.25) is 0 Å². The fourth-order valence-electron chi connectivity index (χ4n) is 3.45. The van der Waals surface area contributed by atoms with E-state index in [9.17, 15) is 9.65 Å². The van der Waals surface area contributed by atoms with E-state index in [1.165, 1.54) is 17.7 Å². The van der Waals surface area contributed by atoms with Gasteiger partial charge in [0.1, 0.15) is 11.9 Å². The molecule has 1 fully saturated rings. The molecule has 2 aromatic rings. The summed E-state index contributed by atoms with van der Waals surface area (Å²) in [4.78, 5) is 0. The van der Waals surface area contributed by atoms with Crippen LogP contribution in [0, 0.1) is 17.1 Å². The third-order valence-electron chi connectivity index (χ3n) is 4.99. The summed E-state index contributed by atoms with van der Waals surface area (Å²) in [5.41, 5.74) is 2.07. The van der Waals surface area contributed by atoms with E-state index in [0.717, 1.165) is 12.8 Å². The first-order chi connectivity index (χ1) is 12.6. The van der Waals surface area contributed by atoms with Gasteiger partial charge in [-0.1, -0.05) is 30.3 Å². The van der Waals surface area contributed by atoms with Crippen LogP contribution < -0.4 is 10.6 Å². The molecule has 0 saturated carbocycles. The van der Waals surface area contributed by atoms with Gasteiger partial charge in [0.15, 0.2) is 0 Å². The van der Waals surface area contributed by atoms with Gasteiger partial charge in [0, 0.05) is 31.3 Å². The van der Waals surface area contributed by atoms with Gasteiger partial charge in [-0.15, -0.1) is 0 Å². The number of ether oxygens (including phenoxy) is 1. The Morgan fingerprint density at radius 2 is 1.92 bits per heavy atom. The maximum atomic E-state index is 13.4. The lowest BCUT2D eigenvalue weighted by Crippen LogP contribution is -2.54. The van der Waals surface area contributed by atoms with Crippen LogP contribution in [0.5, 0.6) is 0 Å². The Morgan fingerprint density at radius 3 is 2.62 bits per heavy atom. The number of hydrogen-bond acceptors (Lipinski definition) is 4. The predicted octanol–water partition coefficient (Wildman–Crippen LogP) is 4.01. The van der Waals surface area contributed by atoms with Crippen molar-refractivity contribution < 1.29 is 9.13 Å². The largest absolute Gasteiger partial charge is 0.382 e. The van der Waals surface area contributed by atoms with E-state index in [1.807, 2.05) is 18.2 Å². The molecule has 1 aliphatic rings. The second-order valence-electron chi connectivity index (χ2n) is 6.82. The van der Waals surface area contributed by atoms with Crippen molar-refractivity contribution in [3.05, 3.63) is 65.5 Å². The van der Waals surface area contributed by atoms with Crippen molar-refractivity contribution in [1.82, 2.24) is 5.32 Å². The lowest BCUT2D eigenvalue weighted by Gasteiger charge is -2.41. The van der Waals surface area contributed by atoms with Gasteiger partial charge in [-0.25, -0.2) is 4.39 Å². The Morgan fingerprint density at radius 1 is 1.19 bits per heavy atom. The lowest BCUT2D eigenvalue weighted by molar-refractivity contribution is 0.0389. The highest BCUT2D eigenvalue weighted by Crippen LogP contribution is 2.27. The molecule has 1 heterocycles. The van der Waals surface area contributed by atoms with Crippen molar-refractivity contribution in [3.8, 4) is 6.07 Å². The van der Waals surface area contributed by atoms with E-state index in [4.69, 9.17) is 4.74 Å². The molecule has 1 saturated heterocycles. The number of hydrogen-bond donors (Lipinski definition) is 2. The van der Waals surface area contributed by atoms with Gasteiger partial charge < -0.3 is 15.4 Å². The van der Waals surface area contributed by atoms with Gasteiger partial charge in [-0.2, -0.15) is 5.26 Å². The van der Waals surface area contributed by atoms with Crippen LogP contribution in [0.25, 0.3) is 0 Å². The Hall–Kier alpha value is -2.42. The Balaban J connectivity index is 1.75. The van der Waals surface area contributed by atoms with Crippen molar-refractivity contribution in [2.45, 2.75) is 31.3 Å². The van der Waals surface area contributed by atoms with E-state index >= 15 is 0 Å². The third-order valence-corrected chi connectivity index (χ3v) is 4.99. The highest BCUT2D eigenvalue weighted by atomic mass is 19.1. The number of halogens is 1. The Bertz CT molecular complexity index is 767. The smallest absolute Gasteiger partial charge is 0.124 e. The summed E-state index contributed by atoms with van der Waals surface area (Å²) in [6.07, 6.45) is 1.75. The fourth-order valence-corrected chi connectivity index (χ4v) is 3.45. The first-order valence-corrected chi connectivity index (χ1v) is 8.96. The quantitative estimate of drug-likeness (QED) is 0.824. The molecule has 0 radical (unpaired) electrons. The van der Waals surface area contributed by atoms with Gasteiger partial charge in [-0.3, -0.25) is 0 Å². The summed E-state index contributed by atoms with van der Waals surface area (Å²) in [6, 6.07) is 16.8. The minimum atomic E-state index is -0.399. The summed E-state index contributed by atoms with van der Waals surface area (Å²) in [7, 11) is 0. The number of anilines is 1. The van der Waals surface area contributed by atoms with Gasteiger partial charge in [0.25, 0.3) is 0 Å². The van der Waals surface area contributed by atoms with Crippen molar-refractivity contribution in [2.24, 2.45) is 0 Å². The van der Waals surface area contributed by atoms with E-state index in [2.05, 4.69) is 35.8 Å². The molecule has 0 bridgehead atoms. The van der Waals surface area contributed by atoms with Crippen molar-refractivity contribution >= 4 is 5.69 Å². The molecule has 136 valence electrons. The Kier molecular flexibility index (Phi) is 5.87. The fraction of sp³-hybridized carbons (Fsp3) is 0.381. The van der Waals surface area contributed by atoms with Crippen LogP contribution in [0.2, 0.25) is 0 Å². The minimum Gasteiger partial charge on any atom is -0.382 e. The zero-order valence-corrected chi connectivity index (χ0v) is 15.0. The summed E-state index contributed by atoms with van der Waals surface area (Å²) in [6.45, 7) is 4.20. The highest BCUT2D eigenvalue weighted by molar-refractivity contribution is 5.57. The molecule has 1 atom stereocenters. The second kappa shape index (κ2) is 8.31. The maximum Gasteiger partial charge on any atom is 0.124 e. The molecule has 26 heavy (non-hydrogen) atoms. The lowest BCUT2D eigenvalue weighted by atomic mass is 9.88. The molecule has 2 N–H and O–H groups in total. The molecule has 0 aliphatic carbocycles. The molecule has 2 aromatic carbocycles. The van der Waals surface area contributed by atoms with Crippen LogP contribution in [0.4, 0.5) is 10.1 Å². The molecular formula is C21H24FN3O. The molecule has 0 spiro atoms. The molecule has 3 rings (SSSR count). The van der Waals surface area contributed by atoms with Crippen LogP contribution in [-0.2, 0) is 4.74 Å². The molecule has 0 amide bonds. The topological polar surface area (TPSA) is 57.1 Å². The third kappa shape index (κ3) is 4.40. The minimum absolute atomic E-state index is 0.144. The molecular weight excluding hydrogens is 329 g/mol. The van der Waals surface area contributed by atoms with Gasteiger partial charge in [0.05, 0.1) is 11.3 Å². The van der Waals surface area contributed by atoms with E-state index < -0.39 is 5.82 Å². The van der Waals surface area contributed by atoms with Crippen LogP contribution in [0.15, 0.2) is 48.5 Å². The summed E-state index contributed by atoms with van der Waals surface area (Å²) < 4.78 is 18.9. The predicted molar refractivity (Wildman–Crippen MR) is 100 cm³/mol. The average Bonchev–Trinajstić information content (AvgIpc) is 2.68. The first kappa shape index (κ1) is 18.4. The molecule has 1 aliphatic heterocycles. The number of benzene rings is 2. The molecule has 0 aromatic heterocycles.